The van der Waals surface area contributed by atoms with Crippen LogP contribution in [-0.4, -0.2) is 74.6 Å². The van der Waals surface area contributed by atoms with Gasteiger partial charge in [0.25, 0.3) is 0 Å². The van der Waals surface area contributed by atoms with E-state index in [1.807, 2.05) is 19.3 Å². The molecule has 3 aromatic heterocycles. The number of hydrogen-bond donors (Lipinski definition) is 1. The van der Waals surface area contributed by atoms with Gasteiger partial charge in [0, 0.05) is 56.7 Å². The molecule has 5 rings (SSSR count). The molecule has 1 saturated heterocycles. The number of likely N-dealkylation sites (N-methyl/N-ethyl adjacent to an activating group) is 1. The minimum absolute atomic E-state index is 0.476. The molecule has 0 amide bonds. The topological polar surface area (TPSA) is 88.6 Å². The van der Waals surface area contributed by atoms with Gasteiger partial charge in [0.05, 0.1) is 37.1 Å². The van der Waals surface area contributed by atoms with Gasteiger partial charge in [-0.3, -0.25) is 9.67 Å². The van der Waals surface area contributed by atoms with Gasteiger partial charge < -0.3 is 19.9 Å². The van der Waals surface area contributed by atoms with Crippen LogP contribution < -0.4 is 15.0 Å². The lowest BCUT2D eigenvalue weighted by Crippen LogP contribution is -2.44. The number of nitrogens with one attached hydrogen (secondary N) is 1. The number of aryl methyl sites for hydroxylation is 1. The molecule has 0 saturated carbocycles. The van der Waals surface area contributed by atoms with Crippen molar-refractivity contribution in [2.75, 3.05) is 50.6 Å². The van der Waals surface area contributed by atoms with E-state index in [0.29, 0.717) is 11.6 Å². The first kappa shape index (κ1) is 19.3. The van der Waals surface area contributed by atoms with Gasteiger partial charge in [-0.25, -0.2) is 4.52 Å². The third-order valence-electron chi connectivity index (χ3n) is 5.55. The van der Waals surface area contributed by atoms with Gasteiger partial charge in [-0.2, -0.15) is 10.1 Å². The zero-order chi connectivity index (χ0) is 21.4. The van der Waals surface area contributed by atoms with E-state index in [1.54, 1.807) is 34.9 Å². The van der Waals surface area contributed by atoms with Gasteiger partial charge in [0.15, 0.2) is 5.65 Å². The number of piperazine rings is 1. The lowest BCUT2D eigenvalue weighted by atomic mass is 10.2. The zero-order valence-corrected chi connectivity index (χ0v) is 17.9. The van der Waals surface area contributed by atoms with Crippen molar-refractivity contribution >= 4 is 23.0 Å². The van der Waals surface area contributed by atoms with E-state index in [0.717, 1.165) is 54.6 Å². The highest BCUT2D eigenvalue weighted by molar-refractivity contribution is 5.69. The molecule has 10 heteroatoms. The molecule has 4 heterocycles. The highest BCUT2D eigenvalue weighted by Crippen LogP contribution is 2.32. The van der Waals surface area contributed by atoms with E-state index in [4.69, 9.17) is 4.74 Å². The number of fused-ring (bicyclic) bond motifs is 1. The van der Waals surface area contributed by atoms with Crippen molar-refractivity contribution < 1.29 is 4.74 Å². The molecule has 1 aliphatic heterocycles. The number of anilines is 3. The summed E-state index contributed by atoms with van der Waals surface area (Å²) >= 11 is 0. The Labute approximate surface area is 180 Å². The first-order valence-corrected chi connectivity index (χ1v) is 10.2. The third kappa shape index (κ3) is 3.77. The van der Waals surface area contributed by atoms with Crippen LogP contribution in [-0.2, 0) is 7.05 Å². The molecule has 0 atom stereocenters. The van der Waals surface area contributed by atoms with Gasteiger partial charge in [-0.05, 0) is 19.2 Å². The zero-order valence-electron chi connectivity index (χ0n) is 17.9. The van der Waals surface area contributed by atoms with Crippen LogP contribution in [0.3, 0.4) is 0 Å². The second-order valence-corrected chi connectivity index (χ2v) is 7.70. The second kappa shape index (κ2) is 7.88. The Hall–Kier alpha value is -3.66. The van der Waals surface area contributed by atoms with E-state index in [9.17, 15) is 0 Å². The molecular formula is C21H25N9O. The Kier molecular flexibility index (Phi) is 4.91. The van der Waals surface area contributed by atoms with Crippen molar-refractivity contribution in [1.29, 1.82) is 0 Å². The van der Waals surface area contributed by atoms with E-state index >= 15 is 0 Å². The van der Waals surface area contributed by atoms with Crippen molar-refractivity contribution in [3.63, 3.8) is 0 Å². The van der Waals surface area contributed by atoms with Crippen LogP contribution in [0, 0.1) is 0 Å². The quantitative estimate of drug-likeness (QED) is 0.526. The Morgan fingerprint density at radius 1 is 1.03 bits per heavy atom. The molecule has 160 valence electrons. The summed E-state index contributed by atoms with van der Waals surface area (Å²) in [5.74, 6) is 1.23. The second-order valence-electron chi connectivity index (χ2n) is 7.70. The smallest absolute Gasteiger partial charge is 0.247 e. The first-order valence-electron chi connectivity index (χ1n) is 10.2. The van der Waals surface area contributed by atoms with E-state index in [-0.39, 0.29) is 0 Å². The van der Waals surface area contributed by atoms with Crippen molar-refractivity contribution in [3.05, 3.63) is 43.0 Å². The summed E-state index contributed by atoms with van der Waals surface area (Å²) in [7, 11) is 5.71. The van der Waals surface area contributed by atoms with Crippen molar-refractivity contribution in [2.45, 2.75) is 0 Å². The van der Waals surface area contributed by atoms with Crippen molar-refractivity contribution in [2.24, 2.45) is 7.05 Å². The average molecular weight is 419 g/mol. The van der Waals surface area contributed by atoms with Crippen molar-refractivity contribution in [3.8, 4) is 17.0 Å². The average Bonchev–Trinajstić information content (AvgIpc) is 3.40. The Balaban J connectivity index is 1.43. The number of benzene rings is 1. The highest BCUT2D eigenvalue weighted by Gasteiger charge is 2.17. The number of nitrogens with zero attached hydrogens (tertiary/aromatic N) is 8. The molecule has 0 aliphatic carbocycles. The maximum absolute atomic E-state index is 5.65. The molecule has 10 nitrogen and oxygen atoms in total. The number of methoxy groups -OCH3 is 1. The number of hydrogen-bond acceptors (Lipinski definition) is 8. The SMILES string of the molecule is COc1cc(N2CCN(C)CC2)ccc1Nc1nc2cncc(-c3cnn(C)c3)n2n1. The number of rotatable bonds is 5. The first-order chi connectivity index (χ1) is 15.1. The summed E-state index contributed by atoms with van der Waals surface area (Å²) in [6, 6.07) is 6.18. The summed E-state index contributed by atoms with van der Waals surface area (Å²) in [5, 5.41) is 12.2. The van der Waals surface area contributed by atoms with E-state index in [1.165, 1.54) is 0 Å². The molecule has 1 N–H and O–H groups in total. The molecule has 1 aromatic carbocycles. The fraction of sp³-hybridized carbons (Fsp3) is 0.333. The van der Waals surface area contributed by atoms with Crippen LogP contribution in [0.5, 0.6) is 5.75 Å². The molecular weight excluding hydrogens is 394 g/mol. The van der Waals surface area contributed by atoms with E-state index < -0.39 is 0 Å². The lowest BCUT2D eigenvalue weighted by molar-refractivity contribution is 0.312. The molecule has 31 heavy (non-hydrogen) atoms. The molecule has 1 fully saturated rings. The van der Waals surface area contributed by atoms with Crippen LogP contribution in [0.15, 0.2) is 43.0 Å². The largest absolute Gasteiger partial charge is 0.494 e. The lowest BCUT2D eigenvalue weighted by Gasteiger charge is -2.34. The predicted molar refractivity (Wildman–Crippen MR) is 119 cm³/mol. The van der Waals surface area contributed by atoms with Gasteiger partial charge in [-0.1, -0.05) is 0 Å². The summed E-state index contributed by atoms with van der Waals surface area (Å²) in [6.07, 6.45) is 7.15. The Morgan fingerprint density at radius 3 is 2.61 bits per heavy atom. The van der Waals surface area contributed by atoms with Crippen LogP contribution in [0.2, 0.25) is 0 Å². The Bertz CT molecular complexity index is 1210. The summed E-state index contributed by atoms with van der Waals surface area (Å²) in [6.45, 7) is 4.12. The monoisotopic (exact) mass is 419 g/mol. The fourth-order valence-electron chi connectivity index (χ4n) is 3.78. The molecule has 1 aliphatic rings. The molecule has 0 radical (unpaired) electrons. The summed E-state index contributed by atoms with van der Waals surface area (Å²) in [5.41, 5.74) is 4.36. The maximum atomic E-state index is 5.65. The molecule has 4 aromatic rings. The highest BCUT2D eigenvalue weighted by atomic mass is 16.5. The summed E-state index contributed by atoms with van der Waals surface area (Å²) < 4.78 is 9.16. The molecule has 0 bridgehead atoms. The minimum atomic E-state index is 0.476. The maximum Gasteiger partial charge on any atom is 0.247 e. The fourth-order valence-corrected chi connectivity index (χ4v) is 3.78. The van der Waals surface area contributed by atoms with E-state index in [2.05, 4.69) is 54.5 Å². The molecule has 0 unspecified atom stereocenters. The third-order valence-corrected chi connectivity index (χ3v) is 5.55. The van der Waals surface area contributed by atoms with Gasteiger partial charge >= 0.3 is 0 Å². The Morgan fingerprint density at radius 2 is 1.87 bits per heavy atom. The summed E-state index contributed by atoms with van der Waals surface area (Å²) in [4.78, 5) is 13.6. The van der Waals surface area contributed by atoms with Crippen LogP contribution in [0.4, 0.5) is 17.3 Å². The number of ether oxygens (including phenoxy) is 1. The van der Waals surface area contributed by atoms with Crippen LogP contribution in [0.25, 0.3) is 16.9 Å². The van der Waals surface area contributed by atoms with Gasteiger partial charge in [0.1, 0.15) is 5.75 Å². The number of aromatic nitrogens is 6. The molecule has 0 spiro atoms. The van der Waals surface area contributed by atoms with Crippen LogP contribution in [0.1, 0.15) is 0 Å². The minimum Gasteiger partial charge on any atom is -0.494 e. The standard InChI is InChI=1S/C21H25N9O/c1-27-6-8-29(9-7-27)16-4-5-17(19(10-16)31-3)24-21-25-20-13-22-12-18(30(20)26-21)15-11-23-28(2)14-15/h4-5,10-14H,6-9H2,1-3H3,(H,24,26). The predicted octanol–water partition coefficient (Wildman–Crippen LogP) is 2.03. The van der Waals surface area contributed by atoms with Gasteiger partial charge in [-0.15, -0.1) is 5.10 Å². The van der Waals surface area contributed by atoms with Gasteiger partial charge in [0.2, 0.25) is 5.95 Å². The van der Waals surface area contributed by atoms with Crippen LogP contribution >= 0.6 is 0 Å². The van der Waals surface area contributed by atoms with Crippen molar-refractivity contribution in [1.82, 2.24) is 34.3 Å². The normalized spacial score (nSPS) is 14.9.